The molecule has 1 aliphatic carbocycles. The van der Waals surface area contributed by atoms with E-state index in [-0.39, 0.29) is 0 Å². The van der Waals surface area contributed by atoms with Crippen molar-refractivity contribution in [1.82, 2.24) is 9.80 Å². The van der Waals surface area contributed by atoms with Crippen LogP contribution in [-0.2, 0) is 0 Å². The molecule has 2 rings (SSSR count). The minimum absolute atomic E-state index is 0.308. The maximum absolute atomic E-state index is 8.97. The molecule has 3 heteroatoms. The van der Waals surface area contributed by atoms with Gasteiger partial charge in [-0.05, 0) is 38.4 Å². The lowest BCUT2D eigenvalue weighted by Crippen LogP contribution is -2.33. The van der Waals surface area contributed by atoms with Crippen LogP contribution in [0.3, 0.4) is 0 Å². The van der Waals surface area contributed by atoms with Gasteiger partial charge in [-0.25, -0.2) is 0 Å². The van der Waals surface area contributed by atoms with Crippen LogP contribution in [0.25, 0.3) is 0 Å². The monoisotopic (exact) mass is 240 g/mol. The highest BCUT2D eigenvalue weighted by Crippen LogP contribution is 2.27. The third-order valence-electron chi connectivity index (χ3n) is 4.43. The summed E-state index contributed by atoms with van der Waals surface area (Å²) in [6.07, 6.45) is 8.57. The summed E-state index contributed by atoms with van der Waals surface area (Å²) >= 11 is 0. The van der Waals surface area contributed by atoms with Crippen LogP contribution in [0.15, 0.2) is 0 Å². The molecule has 3 nitrogen and oxygen atoms in total. The second kappa shape index (κ2) is 7.34. The van der Waals surface area contributed by atoms with Gasteiger partial charge in [-0.3, -0.25) is 4.90 Å². The van der Waals surface area contributed by atoms with Crippen LogP contribution in [0.2, 0.25) is 0 Å². The van der Waals surface area contributed by atoms with Gasteiger partial charge in [-0.15, -0.1) is 0 Å². The summed E-state index contributed by atoms with van der Waals surface area (Å²) in [5.74, 6) is 1.02. The van der Waals surface area contributed by atoms with Gasteiger partial charge in [0.25, 0.3) is 0 Å². The van der Waals surface area contributed by atoms with Crippen LogP contribution < -0.4 is 0 Å². The topological polar surface area (TPSA) is 26.7 Å². The second-order valence-corrected chi connectivity index (χ2v) is 5.70. The number of hydrogen-bond donors (Lipinski definition) is 1. The summed E-state index contributed by atoms with van der Waals surface area (Å²) in [5, 5.41) is 8.97. The van der Waals surface area contributed by atoms with Gasteiger partial charge in [0.2, 0.25) is 0 Å². The van der Waals surface area contributed by atoms with Crippen molar-refractivity contribution in [3.05, 3.63) is 0 Å². The molecule has 17 heavy (non-hydrogen) atoms. The third kappa shape index (κ3) is 4.57. The van der Waals surface area contributed by atoms with Gasteiger partial charge < -0.3 is 10.0 Å². The first-order chi connectivity index (χ1) is 8.38. The van der Waals surface area contributed by atoms with E-state index in [2.05, 4.69) is 9.80 Å². The maximum Gasteiger partial charge on any atom is 0.0558 e. The van der Waals surface area contributed by atoms with Crippen molar-refractivity contribution in [2.75, 3.05) is 45.9 Å². The van der Waals surface area contributed by atoms with Crippen LogP contribution in [0.5, 0.6) is 0 Å². The zero-order chi connectivity index (χ0) is 11.9. The Morgan fingerprint density at radius 1 is 0.824 bits per heavy atom. The zero-order valence-corrected chi connectivity index (χ0v) is 11.1. The lowest BCUT2D eigenvalue weighted by molar-refractivity contribution is 0.195. The van der Waals surface area contributed by atoms with E-state index in [0.29, 0.717) is 6.61 Å². The number of aliphatic hydroxyl groups is 1. The molecule has 0 bridgehead atoms. The summed E-state index contributed by atoms with van der Waals surface area (Å²) in [5.41, 5.74) is 0. The summed E-state index contributed by atoms with van der Waals surface area (Å²) in [6.45, 7) is 7.24. The Balaban J connectivity index is 1.63. The molecule has 2 fully saturated rings. The molecular formula is C14H28N2O. The standard InChI is InChI=1S/C14H28N2O/c17-13-12-16-8-3-7-15(10-11-16)9-6-14-4-1-2-5-14/h14,17H,1-13H2. The molecule has 0 amide bonds. The first kappa shape index (κ1) is 13.3. The lowest BCUT2D eigenvalue weighted by atomic mass is 10.0. The van der Waals surface area contributed by atoms with Crippen molar-refractivity contribution in [1.29, 1.82) is 0 Å². The molecule has 0 unspecified atom stereocenters. The normalized spacial score (nSPS) is 25.2. The van der Waals surface area contributed by atoms with E-state index in [1.165, 1.54) is 64.7 Å². The highest BCUT2D eigenvalue weighted by molar-refractivity contribution is 4.73. The summed E-state index contributed by atoms with van der Waals surface area (Å²) in [4.78, 5) is 5.03. The minimum atomic E-state index is 0.308. The quantitative estimate of drug-likeness (QED) is 0.790. The van der Waals surface area contributed by atoms with Gasteiger partial charge in [0, 0.05) is 19.6 Å². The molecule has 1 saturated carbocycles. The Labute approximate surface area is 106 Å². The Bertz CT molecular complexity index is 204. The fraction of sp³-hybridized carbons (Fsp3) is 1.00. The van der Waals surface area contributed by atoms with Crippen LogP contribution in [0.4, 0.5) is 0 Å². The summed E-state index contributed by atoms with van der Waals surface area (Å²) in [6, 6.07) is 0. The average molecular weight is 240 g/mol. The molecule has 0 aromatic carbocycles. The molecule has 2 aliphatic rings. The van der Waals surface area contributed by atoms with Crippen LogP contribution in [0, 0.1) is 5.92 Å². The van der Waals surface area contributed by atoms with Gasteiger partial charge in [0.05, 0.1) is 6.61 Å². The van der Waals surface area contributed by atoms with E-state index < -0.39 is 0 Å². The molecule has 1 N–H and O–H groups in total. The Morgan fingerprint density at radius 3 is 2.12 bits per heavy atom. The average Bonchev–Trinajstić information content (AvgIpc) is 2.75. The van der Waals surface area contributed by atoms with Gasteiger partial charge in [-0.1, -0.05) is 25.7 Å². The first-order valence-corrected chi connectivity index (χ1v) is 7.44. The fourth-order valence-electron chi connectivity index (χ4n) is 3.28. The lowest BCUT2D eigenvalue weighted by Gasteiger charge is -2.22. The van der Waals surface area contributed by atoms with Gasteiger partial charge in [0.1, 0.15) is 0 Å². The summed E-state index contributed by atoms with van der Waals surface area (Å²) < 4.78 is 0. The largest absolute Gasteiger partial charge is 0.395 e. The molecule has 1 aliphatic heterocycles. The van der Waals surface area contributed by atoms with E-state index >= 15 is 0 Å². The first-order valence-electron chi connectivity index (χ1n) is 7.44. The minimum Gasteiger partial charge on any atom is -0.395 e. The van der Waals surface area contributed by atoms with Crippen molar-refractivity contribution in [3.8, 4) is 0 Å². The molecule has 0 spiro atoms. The van der Waals surface area contributed by atoms with Crippen LogP contribution in [-0.4, -0.2) is 60.8 Å². The van der Waals surface area contributed by atoms with Gasteiger partial charge in [-0.2, -0.15) is 0 Å². The van der Waals surface area contributed by atoms with Crippen molar-refractivity contribution < 1.29 is 5.11 Å². The van der Waals surface area contributed by atoms with E-state index in [9.17, 15) is 0 Å². The van der Waals surface area contributed by atoms with E-state index in [1.807, 2.05) is 0 Å². The van der Waals surface area contributed by atoms with Crippen molar-refractivity contribution in [2.24, 2.45) is 5.92 Å². The van der Waals surface area contributed by atoms with E-state index in [0.717, 1.165) is 19.0 Å². The van der Waals surface area contributed by atoms with Gasteiger partial charge in [0.15, 0.2) is 0 Å². The molecule has 1 saturated heterocycles. The van der Waals surface area contributed by atoms with Crippen molar-refractivity contribution in [3.63, 3.8) is 0 Å². The number of rotatable bonds is 5. The highest BCUT2D eigenvalue weighted by Gasteiger charge is 2.18. The predicted molar refractivity (Wildman–Crippen MR) is 71.2 cm³/mol. The number of hydrogen-bond acceptors (Lipinski definition) is 3. The van der Waals surface area contributed by atoms with Crippen LogP contribution >= 0.6 is 0 Å². The molecule has 100 valence electrons. The van der Waals surface area contributed by atoms with E-state index in [1.54, 1.807) is 0 Å². The number of β-amino-alcohol motifs (C(OH)–C–C–N with tert-alkyl or cyclic N) is 1. The smallest absolute Gasteiger partial charge is 0.0558 e. The number of nitrogens with zero attached hydrogens (tertiary/aromatic N) is 2. The third-order valence-corrected chi connectivity index (χ3v) is 4.43. The molecule has 0 aromatic heterocycles. The second-order valence-electron chi connectivity index (χ2n) is 5.70. The maximum atomic E-state index is 8.97. The fourth-order valence-corrected chi connectivity index (χ4v) is 3.28. The molecule has 0 aromatic rings. The Kier molecular flexibility index (Phi) is 5.75. The zero-order valence-electron chi connectivity index (χ0n) is 11.1. The van der Waals surface area contributed by atoms with Crippen molar-refractivity contribution >= 4 is 0 Å². The van der Waals surface area contributed by atoms with Crippen LogP contribution in [0.1, 0.15) is 38.5 Å². The Morgan fingerprint density at radius 2 is 1.47 bits per heavy atom. The molecule has 0 radical (unpaired) electrons. The van der Waals surface area contributed by atoms with Crippen molar-refractivity contribution in [2.45, 2.75) is 38.5 Å². The molecule has 1 heterocycles. The highest BCUT2D eigenvalue weighted by atomic mass is 16.3. The van der Waals surface area contributed by atoms with Gasteiger partial charge >= 0.3 is 0 Å². The molecule has 0 atom stereocenters. The number of aliphatic hydroxyl groups excluding tert-OH is 1. The summed E-state index contributed by atoms with van der Waals surface area (Å²) in [7, 11) is 0. The molecular weight excluding hydrogens is 212 g/mol. The van der Waals surface area contributed by atoms with E-state index in [4.69, 9.17) is 5.11 Å². The predicted octanol–water partition coefficient (Wildman–Crippen LogP) is 1.57. The SMILES string of the molecule is OCCN1CCCN(CCC2CCCC2)CC1. The Hall–Kier alpha value is -0.120.